The van der Waals surface area contributed by atoms with Crippen molar-refractivity contribution >= 4 is 0 Å². The Morgan fingerprint density at radius 3 is 2.25 bits per heavy atom. The Labute approximate surface area is 48.9 Å². The molecule has 0 aromatic heterocycles. The van der Waals surface area contributed by atoms with E-state index in [2.05, 4.69) is 0 Å². The second-order valence-electron chi connectivity index (χ2n) is 2.10. The SMILES string of the molecule is NC1(N)C=CC=CC1. The van der Waals surface area contributed by atoms with E-state index in [9.17, 15) is 0 Å². The van der Waals surface area contributed by atoms with Gasteiger partial charge in [0.05, 0.1) is 5.66 Å². The van der Waals surface area contributed by atoms with E-state index in [1.807, 2.05) is 18.2 Å². The molecule has 0 spiro atoms. The molecule has 0 bridgehead atoms. The summed E-state index contributed by atoms with van der Waals surface area (Å²) in [6.45, 7) is 0. The van der Waals surface area contributed by atoms with E-state index in [-0.39, 0.29) is 0 Å². The maximum absolute atomic E-state index is 5.52. The van der Waals surface area contributed by atoms with Crippen LogP contribution in [0.5, 0.6) is 0 Å². The van der Waals surface area contributed by atoms with Crippen molar-refractivity contribution in [3.8, 4) is 0 Å². The van der Waals surface area contributed by atoms with Crippen LogP contribution in [0.4, 0.5) is 0 Å². The number of hydrogen-bond donors (Lipinski definition) is 2. The minimum absolute atomic E-state index is 0.589. The predicted molar refractivity (Wildman–Crippen MR) is 34.0 cm³/mol. The van der Waals surface area contributed by atoms with Crippen molar-refractivity contribution in [1.82, 2.24) is 0 Å². The molecule has 0 atom stereocenters. The molecule has 0 fully saturated rings. The second-order valence-corrected chi connectivity index (χ2v) is 2.10. The quantitative estimate of drug-likeness (QED) is 0.435. The monoisotopic (exact) mass is 110 g/mol. The van der Waals surface area contributed by atoms with Gasteiger partial charge in [0.2, 0.25) is 0 Å². The minimum atomic E-state index is -0.589. The average Bonchev–Trinajstić information content (AvgIpc) is 1.65. The summed E-state index contributed by atoms with van der Waals surface area (Å²) in [5, 5.41) is 0. The van der Waals surface area contributed by atoms with Crippen molar-refractivity contribution in [1.29, 1.82) is 0 Å². The molecule has 0 amide bonds. The van der Waals surface area contributed by atoms with Gasteiger partial charge >= 0.3 is 0 Å². The molecular weight excluding hydrogens is 100 g/mol. The van der Waals surface area contributed by atoms with Crippen LogP contribution in [0.2, 0.25) is 0 Å². The van der Waals surface area contributed by atoms with Crippen LogP contribution in [0.25, 0.3) is 0 Å². The highest BCUT2D eigenvalue weighted by Crippen LogP contribution is 2.06. The van der Waals surface area contributed by atoms with Crippen molar-refractivity contribution in [3.63, 3.8) is 0 Å². The highest BCUT2D eigenvalue weighted by Gasteiger charge is 2.12. The van der Waals surface area contributed by atoms with Crippen molar-refractivity contribution in [2.24, 2.45) is 11.5 Å². The standard InChI is InChI=1S/C6H10N2/c7-6(8)4-2-1-3-5-6/h1-4H,5,7-8H2. The number of hydrogen-bond acceptors (Lipinski definition) is 2. The molecule has 0 unspecified atom stereocenters. The van der Waals surface area contributed by atoms with Crippen LogP contribution in [-0.4, -0.2) is 5.66 Å². The van der Waals surface area contributed by atoms with E-state index in [0.29, 0.717) is 0 Å². The van der Waals surface area contributed by atoms with Gasteiger partial charge in [-0.05, 0) is 0 Å². The lowest BCUT2D eigenvalue weighted by Gasteiger charge is -2.19. The Hall–Kier alpha value is -0.600. The predicted octanol–water partition coefficient (Wildman–Crippen LogP) is 0.116. The molecule has 1 rings (SSSR count). The Bertz CT molecular complexity index is 133. The average molecular weight is 110 g/mol. The van der Waals surface area contributed by atoms with Gasteiger partial charge in [-0.25, -0.2) is 0 Å². The topological polar surface area (TPSA) is 52.0 Å². The molecule has 0 saturated heterocycles. The van der Waals surface area contributed by atoms with Gasteiger partial charge in [-0.15, -0.1) is 0 Å². The Morgan fingerprint density at radius 1 is 1.25 bits per heavy atom. The number of allylic oxidation sites excluding steroid dienone is 2. The fourth-order valence-corrected chi connectivity index (χ4v) is 0.653. The van der Waals surface area contributed by atoms with Crippen LogP contribution in [0.15, 0.2) is 24.3 Å². The third kappa shape index (κ3) is 1.18. The Kier molecular flexibility index (Phi) is 1.19. The molecule has 0 radical (unpaired) electrons. The smallest absolute Gasteiger partial charge is 0.0866 e. The molecule has 0 heterocycles. The molecule has 2 heteroatoms. The van der Waals surface area contributed by atoms with Crippen LogP contribution in [0.3, 0.4) is 0 Å². The molecule has 0 aromatic rings. The van der Waals surface area contributed by atoms with E-state index in [1.54, 1.807) is 6.08 Å². The summed E-state index contributed by atoms with van der Waals surface area (Å²) in [6.07, 6.45) is 8.30. The first kappa shape index (κ1) is 5.54. The number of rotatable bonds is 0. The fraction of sp³-hybridized carbons (Fsp3) is 0.333. The summed E-state index contributed by atoms with van der Waals surface area (Å²) in [7, 11) is 0. The summed E-state index contributed by atoms with van der Waals surface area (Å²) in [4.78, 5) is 0. The van der Waals surface area contributed by atoms with E-state index < -0.39 is 5.66 Å². The van der Waals surface area contributed by atoms with Gasteiger partial charge in [0.25, 0.3) is 0 Å². The van der Waals surface area contributed by atoms with Crippen LogP contribution in [-0.2, 0) is 0 Å². The molecule has 0 saturated carbocycles. The lowest BCUT2D eigenvalue weighted by Crippen LogP contribution is -2.47. The largest absolute Gasteiger partial charge is 0.310 e. The van der Waals surface area contributed by atoms with E-state index in [4.69, 9.17) is 11.5 Å². The summed E-state index contributed by atoms with van der Waals surface area (Å²) in [5.74, 6) is 0. The van der Waals surface area contributed by atoms with E-state index >= 15 is 0 Å². The molecule has 1 aliphatic rings. The molecule has 2 nitrogen and oxygen atoms in total. The molecule has 0 aromatic carbocycles. The normalized spacial score (nSPS) is 23.8. The minimum Gasteiger partial charge on any atom is -0.310 e. The first-order valence-electron chi connectivity index (χ1n) is 2.63. The first-order valence-corrected chi connectivity index (χ1v) is 2.63. The van der Waals surface area contributed by atoms with Crippen molar-refractivity contribution in [2.45, 2.75) is 12.1 Å². The number of nitrogens with two attached hydrogens (primary N) is 2. The van der Waals surface area contributed by atoms with Gasteiger partial charge in [-0.1, -0.05) is 24.3 Å². The maximum atomic E-state index is 5.52. The first-order chi connectivity index (χ1) is 3.71. The lowest BCUT2D eigenvalue weighted by atomic mass is 10.0. The van der Waals surface area contributed by atoms with Crippen LogP contribution >= 0.6 is 0 Å². The zero-order chi connectivity index (χ0) is 6.04. The summed E-state index contributed by atoms with van der Waals surface area (Å²) in [6, 6.07) is 0. The maximum Gasteiger partial charge on any atom is 0.0866 e. The van der Waals surface area contributed by atoms with Gasteiger partial charge < -0.3 is 11.5 Å². The van der Waals surface area contributed by atoms with Crippen molar-refractivity contribution < 1.29 is 0 Å². The van der Waals surface area contributed by atoms with Gasteiger partial charge in [0.15, 0.2) is 0 Å². The molecule has 0 aliphatic heterocycles. The van der Waals surface area contributed by atoms with Gasteiger partial charge in [0, 0.05) is 6.42 Å². The Morgan fingerprint density at radius 2 is 2.00 bits per heavy atom. The second kappa shape index (κ2) is 1.73. The van der Waals surface area contributed by atoms with Gasteiger partial charge in [-0.2, -0.15) is 0 Å². The highest BCUT2D eigenvalue weighted by molar-refractivity contribution is 5.17. The van der Waals surface area contributed by atoms with Gasteiger partial charge in [0.1, 0.15) is 0 Å². The Balaban J connectivity index is 2.65. The lowest BCUT2D eigenvalue weighted by molar-refractivity contribution is 0.557. The fourth-order valence-electron chi connectivity index (χ4n) is 0.653. The zero-order valence-electron chi connectivity index (χ0n) is 4.67. The summed E-state index contributed by atoms with van der Waals surface area (Å²) in [5.41, 5.74) is 10.4. The molecule has 44 valence electrons. The summed E-state index contributed by atoms with van der Waals surface area (Å²) < 4.78 is 0. The van der Waals surface area contributed by atoms with Crippen molar-refractivity contribution in [2.75, 3.05) is 0 Å². The van der Waals surface area contributed by atoms with Crippen molar-refractivity contribution in [3.05, 3.63) is 24.3 Å². The van der Waals surface area contributed by atoms with E-state index in [1.165, 1.54) is 0 Å². The van der Waals surface area contributed by atoms with E-state index in [0.717, 1.165) is 6.42 Å². The molecular formula is C6H10N2. The van der Waals surface area contributed by atoms with Crippen LogP contribution in [0, 0.1) is 0 Å². The highest BCUT2D eigenvalue weighted by atomic mass is 14.9. The molecule has 1 aliphatic carbocycles. The van der Waals surface area contributed by atoms with Gasteiger partial charge in [-0.3, -0.25) is 0 Å². The summed E-state index contributed by atoms with van der Waals surface area (Å²) >= 11 is 0. The third-order valence-electron chi connectivity index (χ3n) is 1.13. The zero-order valence-corrected chi connectivity index (χ0v) is 4.67. The third-order valence-corrected chi connectivity index (χ3v) is 1.13. The van der Waals surface area contributed by atoms with Crippen LogP contribution < -0.4 is 11.5 Å². The van der Waals surface area contributed by atoms with Crippen LogP contribution in [0.1, 0.15) is 6.42 Å². The molecule has 8 heavy (non-hydrogen) atoms. The molecule has 4 N–H and O–H groups in total.